The monoisotopic (exact) mass is 248 g/mol. The van der Waals surface area contributed by atoms with Crippen molar-refractivity contribution in [2.45, 2.75) is 60.3 Å². The Morgan fingerprint density at radius 3 is 2.33 bits per heavy atom. The van der Waals surface area contributed by atoms with Gasteiger partial charge in [-0.1, -0.05) is 47.5 Å². The molecule has 0 amide bonds. The lowest BCUT2D eigenvalue weighted by Crippen LogP contribution is -2.70. The molecule has 0 N–H and O–H groups in total. The number of hydrogen-bond acceptors (Lipinski definition) is 0. The van der Waals surface area contributed by atoms with Crippen LogP contribution >= 0.6 is 0 Å². The SMILES string of the molecule is CCC(C)C(C)CC1CC2C1C1C(CC)C(C)C21. The summed E-state index contributed by atoms with van der Waals surface area (Å²) in [4.78, 5) is 0. The molecule has 3 fully saturated rings. The van der Waals surface area contributed by atoms with E-state index in [4.69, 9.17) is 0 Å². The Hall–Kier alpha value is 0. The molecule has 0 bridgehead atoms. The molecule has 0 spiro atoms. The molecule has 0 aromatic carbocycles. The van der Waals surface area contributed by atoms with Crippen LogP contribution in [0.15, 0.2) is 0 Å². The summed E-state index contributed by atoms with van der Waals surface area (Å²) in [6.07, 6.45) is 5.93. The zero-order valence-electron chi connectivity index (χ0n) is 13.0. The van der Waals surface area contributed by atoms with Gasteiger partial charge in [0, 0.05) is 0 Å². The predicted molar refractivity (Wildman–Crippen MR) is 78.2 cm³/mol. The van der Waals surface area contributed by atoms with Crippen molar-refractivity contribution in [3.63, 3.8) is 0 Å². The third-order valence-electron chi connectivity index (χ3n) is 7.54. The minimum atomic E-state index is 0.933. The Labute approximate surface area is 114 Å². The van der Waals surface area contributed by atoms with Crippen LogP contribution in [-0.4, -0.2) is 0 Å². The smallest absolute Gasteiger partial charge is 0.0316 e. The molecule has 9 unspecified atom stereocenters. The lowest BCUT2D eigenvalue weighted by atomic mass is 9.29. The summed E-state index contributed by atoms with van der Waals surface area (Å²) in [5.41, 5.74) is 0. The number of hydrogen-bond donors (Lipinski definition) is 0. The summed E-state index contributed by atoms with van der Waals surface area (Å²) in [5.74, 6) is 9.83. The van der Waals surface area contributed by atoms with Gasteiger partial charge in [-0.05, 0) is 66.1 Å². The van der Waals surface area contributed by atoms with Gasteiger partial charge in [0.15, 0.2) is 0 Å². The molecule has 0 aliphatic heterocycles. The number of fused-ring (bicyclic) bond motifs is 4. The van der Waals surface area contributed by atoms with Crippen molar-refractivity contribution in [1.82, 2.24) is 0 Å². The van der Waals surface area contributed by atoms with Gasteiger partial charge in [0.05, 0.1) is 0 Å². The second kappa shape index (κ2) is 4.53. The van der Waals surface area contributed by atoms with Crippen LogP contribution in [0.3, 0.4) is 0 Å². The van der Waals surface area contributed by atoms with E-state index in [1.165, 1.54) is 31.1 Å². The topological polar surface area (TPSA) is 0 Å². The fraction of sp³-hybridized carbons (Fsp3) is 1.00. The first kappa shape index (κ1) is 13.0. The fourth-order valence-electron chi connectivity index (χ4n) is 6.04. The standard InChI is InChI=1S/C18H32/c1-6-10(3)11(4)8-13-9-15-16-12(5)14(7-2)18(16)17(13)15/h10-18H,6-9H2,1-5H3. The van der Waals surface area contributed by atoms with Crippen LogP contribution in [0.25, 0.3) is 0 Å². The minimum absolute atomic E-state index is 0.933. The van der Waals surface area contributed by atoms with Gasteiger partial charge in [0.25, 0.3) is 0 Å². The zero-order valence-corrected chi connectivity index (χ0v) is 13.0. The van der Waals surface area contributed by atoms with Crippen LogP contribution in [0.2, 0.25) is 0 Å². The van der Waals surface area contributed by atoms with Crippen molar-refractivity contribution >= 4 is 0 Å². The summed E-state index contributed by atoms with van der Waals surface area (Å²) in [7, 11) is 0. The summed E-state index contributed by atoms with van der Waals surface area (Å²) in [6, 6.07) is 0. The van der Waals surface area contributed by atoms with Crippen LogP contribution in [-0.2, 0) is 0 Å². The highest BCUT2D eigenvalue weighted by Crippen LogP contribution is 2.74. The van der Waals surface area contributed by atoms with E-state index in [9.17, 15) is 0 Å². The Bertz CT molecular complexity index is 301. The number of rotatable bonds is 5. The second-order valence-corrected chi connectivity index (χ2v) is 7.92. The van der Waals surface area contributed by atoms with Gasteiger partial charge in [-0.3, -0.25) is 0 Å². The van der Waals surface area contributed by atoms with Crippen molar-refractivity contribution in [2.75, 3.05) is 0 Å². The van der Waals surface area contributed by atoms with Crippen LogP contribution in [0.1, 0.15) is 60.3 Å². The Morgan fingerprint density at radius 1 is 1.00 bits per heavy atom. The van der Waals surface area contributed by atoms with Crippen LogP contribution in [0.5, 0.6) is 0 Å². The van der Waals surface area contributed by atoms with E-state index in [0.717, 1.165) is 41.4 Å². The highest BCUT2D eigenvalue weighted by Gasteiger charge is 2.69. The molecule has 3 aliphatic rings. The van der Waals surface area contributed by atoms with Gasteiger partial charge >= 0.3 is 0 Å². The van der Waals surface area contributed by atoms with Crippen molar-refractivity contribution in [1.29, 1.82) is 0 Å². The molecule has 3 rings (SSSR count). The van der Waals surface area contributed by atoms with E-state index in [-0.39, 0.29) is 0 Å². The van der Waals surface area contributed by atoms with Gasteiger partial charge < -0.3 is 0 Å². The first-order chi connectivity index (χ1) is 8.60. The average Bonchev–Trinajstić information content (AvgIpc) is 2.34. The summed E-state index contributed by atoms with van der Waals surface area (Å²) >= 11 is 0. The molecule has 3 aliphatic carbocycles. The fourth-order valence-corrected chi connectivity index (χ4v) is 6.04. The predicted octanol–water partition coefficient (Wildman–Crippen LogP) is 5.23. The second-order valence-electron chi connectivity index (χ2n) is 7.92. The van der Waals surface area contributed by atoms with E-state index in [0.29, 0.717) is 0 Å². The van der Waals surface area contributed by atoms with Gasteiger partial charge in [-0.25, -0.2) is 0 Å². The summed E-state index contributed by atoms with van der Waals surface area (Å²) in [5, 5.41) is 0. The molecule has 9 atom stereocenters. The van der Waals surface area contributed by atoms with E-state index in [1.54, 1.807) is 6.42 Å². The maximum Gasteiger partial charge on any atom is -0.0316 e. The molecular weight excluding hydrogens is 216 g/mol. The third-order valence-corrected chi connectivity index (χ3v) is 7.54. The molecular formula is C18H32. The van der Waals surface area contributed by atoms with Gasteiger partial charge in [0.2, 0.25) is 0 Å². The molecule has 0 saturated heterocycles. The molecule has 0 aromatic rings. The van der Waals surface area contributed by atoms with Crippen molar-refractivity contribution in [2.24, 2.45) is 53.3 Å². The van der Waals surface area contributed by atoms with Gasteiger partial charge in [0.1, 0.15) is 0 Å². The molecule has 0 aromatic heterocycles. The van der Waals surface area contributed by atoms with Gasteiger partial charge in [-0.2, -0.15) is 0 Å². The van der Waals surface area contributed by atoms with Crippen LogP contribution in [0, 0.1) is 53.3 Å². The van der Waals surface area contributed by atoms with Crippen molar-refractivity contribution in [3.05, 3.63) is 0 Å². The first-order valence-corrected chi connectivity index (χ1v) is 8.60. The lowest BCUT2D eigenvalue weighted by Gasteiger charge is -2.75. The Balaban J connectivity index is 1.54. The van der Waals surface area contributed by atoms with E-state index >= 15 is 0 Å². The maximum absolute atomic E-state index is 2.53. The maximum atomic E-state index is 2.53. The van der Waals surface area contributed by atoms with E-state index < -0.39 is 0 Å². The molecule has 0 heterocycles. The third kappa shape index (κ3) is 1.56. The molecule has 0 nitrogen and oxygen atoms in total. The summed E-state index contributed by atoms with van der Waals surface area (Å²) < 4.78 is 0. The summed E-state index contributed by atoms with van der Waals surface area (Å²) in [6.45, 7) is 12.2. The molecule has 18 heavy (non-hydrogen) atoms. The molecule has 3 saturated carbocycles. The van der Waals surface area contributed by atoms with Crippen LogP contribution in [0.4, 0.5) is 0 Å². The van der Waals surface area contributed by atoms with Crippen LogP contribution < -0.4 is 0 Å². The van der Waals surface area contributed by atoms with Crippen molar-refractivity contribution < 1.29 is 0 Å². The highest BCUT2D eigenvalue weighted by molar-refractivity contribution is 5.17. The normalized spacial score (nSPS) is 52.2. The average molecular weight is 248 g/mol. The quantitative estimate of drug-likeness (QED) is 0.624. The Kier molecular flexibility index (Phi) is 3.27. The lowest BCUT2D eigenvalue weighted by molar-refractivity contribution is -0.277. The molecule has 0 heteroatoms. The van der Waals surface area contributed by atoms with E-state index in [2.05, 4.69) is 34.6 Å². The minimum Gasteiger partial charge on any atom is -0.0651 e. The molecule has 104 valence electrons. The Morgan fingerprint density at radius 2 is 1.72 bits per heavy atom. The van der Waals surface area contributed by atoms with Crippen molar-refractivity contribution in [3.8, 4) is 0 Å². The highest BCUT2D eigenvalue weighted by atomic mass is 14.7. The van der Waals surface area contributed by atoms with E-state index in [1.807, 2.05) is 0 Å². The van der Waals surface area contributed by atoms with Gasteiger partial charge in [-0.15, -0.1) is 0 Å². The largest absolute Gasteiger partial charge is 0.0651 e. The zero-order chi connectivity index (χ0) is 13.0. The molecule has 0 radical (unpaired) electrons. The first-order valence-electron chi connectivity index (χ1n) is 8.60.